The number of aryl methyl sites for hydroxylation is 1. The number of nitrogens with one attached hydrogen (secondary N) is 1. The molecular formula is C15H24N2O2S. The van der Waals surface area contributed by atoms with Gasteiger partial charge < -0.3 is 5.32 Å². The molecule has 1 unspecified atom stereocenters. The van der Waals surface area contributed by atoms with E-state index in [-0.39, 0.29) is 6.04 Å². The van der Waals surface area contributed by atoms with Crippen molar-refractivity contribution in [2.45, 2.75) is 43.5 Å². The van der Waals surface area contributed by atoms with E-state index >= 15 is 0 Å². The van der Waals surface area contributed by atoms with Gasteiger partial charge in [-0.25, -0.2) is 8.42 Å². The Labute approximate surface area is 122 Å². The van der Waals surface area contributed by atoms with Gasteiger partial charge in [0, 0.05) is 19.1 Å². The van der Waals surface area contributed by atoms with Crippen molar-refractivity contribution in [3.63, 3.8) is 0 Å². The molecule has 2 rings (SSSR count). The van der Waals surface area contributed by atoms with Crippen LogP contribution >= 0.6 is 0 Å². The van der Waals surface area contributed by atoms with Crippen molar-refractivity contribution < 1.29 is 8.42 Å². The van der Waals surface area contributed by atoms with E-state index in [0.29, 0.717) is 18.0 Å². The lowest BCUT2D eigenvalue weighted by molar-refractivity contribution is 0.249. The molecule has 1 aliphatic rings. The topological polar surface area (TPSA) is 49.4 Å². The molecule has 4 nitrogen and oxygen atoms in total. The third-order valence-electron chi connectivity index (χ3n) is 3.95. The first-order valence-electron chi connectivity index (χ1n) is 7.35. The van der Waals surface area contributed by atoms with Crippen molar-refractivity contribution in [2.24, 2.45) is 0 Å². The predicted octanol–water partition coefficient (Wildman–Crippen LogP) is 2.01. The van der Waals surface area contributed by atoms with Crippen molar-refractivity contribution >= 4 is 10.0 Å². The molecule has 1 fully saturated rings. The highest BCUT2D eigenvalue weighted by atomic mass is 32.2. The van der Waals surface area contributed by atoms with Gasteiger partial charge >= 0.3 is 0 Å². The smallest absolute Gasteiger partial charge is 0.243 e. The van der Waals surface area contributed by atoms with E-state index in [1.165, 1.54) is 0 Å². The average Bonchev–Trinajstić information content (AvgIpc) is 2.48. The Morgan fingerprint density at radius 3 is 2.55 bits per heavy atom. The molecule has 1 aliphatic heterocycles. The van der Waals surface area contributed by atoms with Gasteiger partial charge in [0.1, 0.15) is 0 Å². The highest BCUT2D eigenvalue weighted by molar-refractivity contribution is 7.89. The van der Waals surface area contributed by atoms with E-state index in [2.05, 4.69) is 12.2 Å². The second kappa shape index (κ2) is 6.70. The molecule has 112 valence electrons. The van der Waals surface area contributed by atoms with Crippen LogP contribution in [-0.4, -0.2) is 38.9 Å². The molecule has 0 saturated carbocycles. The zero-order chi connectivity index (χ0) is 14.6. The SMILES string of the molecule is CCc1ccc(S(=O)(=O)N2CCCCC2CNC)cc1. The van der Waals surface area contributed by atoms with Crippen molar-refractivity contribution in [3.05, 3.63) is 29.8 Å². The quantitative estimate of drug-likeness (QED) is 0.904. The molecule has 0 aromatic heterocycles. The van der Waals surface area contributed by atoms with Crippen molar-refractivity contribution in [1.29, 1.82) is 0 Å². The van der Waals surface area contributed by atoms with E-state index in [0.717, 1.165) is 31.2 Å². The van der Waals surface area contributed by atoms with Crippen LogP contribution in [0.1, 0.15) is 31.7 Å². The maximum atomic E-state index is 12.8. The molecule has 5 heteroatoms. The Bertz CT molecular complexity index is 523. The van der Waals surface area contributed by atoms with Gasteiger partial charge in [0.05, 0.1) is 4.90 Å². The number of rotatable bonds is 5. The number of sulfonamides is 1. The lowest BCUT2D eigenvalue weighted by Gasteiger charge is -2.34. The van der Waals surface area contributed by atoms with Crippen LogP contribution in [0.15, 0.2) is 29.2 Å². The number of hydrogen-bond acceptors (Lipinski definition) is 3. The van der Waals surface area contributed by atoms with Gasteiger partial charge in [0.15, 0.2) is 0 Å². The average molecular weight is 296 g/mol. The first kappa shape index (κ1) is 15.5. The second-order valence-corrected chi connectivity index (χ2v) is 7.21. The predicted molar refractivity (Wildman–Crippen MR) is 81.3 cm³/mol. The molecule has 0 aliphatic carbocycles. The summed E-state index contributed by atoms with van der Waals surface area (Å²) >= 11 is 0. The zero-order valence-corrected chi connectivity index (χ0v) is 13.1. The molecule has 1 aromatic rings. The highest BCUT2D eigenvalue weighted by Crippen LogP contribution is 2.25. The molecule has 1 N–H and O–H groups in total. The lowest BCUT2D eigenvalue weighted by Crippen LogP contribution is -2.47. The summed E-state index contributed by atoms with van der Waals surface area (Å²) in [4.78, 5) is 0.415. The van der Waals surface area contributed by atoms with Crippen LogP contribution in [0.25, 0.3) is 0 Å². The van der Waals surface area contributed by atoms with Gasteiger partial charge in [-0.15, -0.1) is 0 Å². The third-order valence-corrected chi connectivity index (χ3v) is 5.92. The van der Waals surface area contributed by atoms with Crippen LogP contribution in [0, 0.1) is 0 Å². The molecule has 0 bridgehead atoms. The monoisotopic (exact) mass is 296 g/mol. The maximum Gasteiger partial charge on any atom is 0.243 e. The van der Waals surface area contributed by atoms with Crippen LogP contribution < -0.4 is 5.32 Å². The van der Waals surface area contributed by atoms with Gasteiger partial charge in [0.2, 0.25) is 10.0 Å². The Balaban J connectivity index is 2.26. The molecule has 0 radical (unpaired) electrons. The van der Waals surface area contributed by atoms with Crippen LogP contribution in [-0.2, 0) is 16.4 Å². The standard InChI is InChI=1S/C15H24N2O2S/c1-3-13-7-9-15(10-8-13)20(18,19)17-11-5-4-6-14(17)12-16-2/h7-10,14,16H,3-6,11-12H2,1-2H3. The number of piperidine rings is 1. The van der Waals surface area contributed by atoms with Crippen LogP contribution in [0.3, 0.4) is 0 Å². The highest BCUT2D eigenvalue weighted by Gasteiger charge is 2.32. The van der Waals surface area contributed by atoms with Crippen molar-refractivity contribution in [1.82, 2.24) is 9.62 Å². The van der Waals surface area contributed by atoms with Gasteiger partial charge in [-0.3, -0.25) is 0 Å². The number of hydrogen-bond donors (Lipinski definition) is 1. The van der Waals surface area contributed by atoms with E-state index < -0.39 is 10.0 Å². The molecule has 1 aromatic carbocycles. The summed E-state index contributed by atoms with van der Waals surface area (Å²) in [6.45, 7) is 3.41. The summed E-state index contributed by atoms with van der Waals surface area (Å²) in [5.41, 5.74) is 1.16. The van der Waals surface area contributed by atoms with E-state index in [1.807, 2.05) is 19.2 Å². The summed E-state index contributed by atoms with van der Waals surface area (Å²) in [6.07, 6.45) is 3.92. The molecule has 1 heterocycles. The largest absolute Gasteiger partial charge is 0.318 e. The Morgan fingerprint density at radius 2 is 1.95 bits per heavy atom. The van der Waals surface area contributed by atoms with Crippen LogP contribution in [0.4, 0.5) is 0 Å². The van der Waals surface area contributed by atoms with E-state index in [4.69, 9.17) is 0 Å². The first-order valence-corrected chi connectivity index (χ1v) is 8.79. The minimum atomic E-state index is -3.37. The summed E-state index contributed by atoms with van der Waals surface area (Å²) in [5.74, 6) is 0. The van der Waals surface area contributed by atoms with E-state index in [9.17, 15) is 8.42 Å². The Morgan fingerprint density at radius 1 is 1.25 bits per heavy atom. The van der Waals surface area contributed by atoms with Gasteiger partial charge in [0.25, 0.3) is 0 Å². The first-order chi connectivity index (χ1) is 9.59. The molecule has 1 saturated heterocycles. The lowest BCUT2D eigenvalue weighted by atomic mass is 10.1. The van der Waals surface area contributed by atoms with Crippen LogP contribution in [0.5, 0.6) is 0 Å². The van der Waals surface area contributed by atoms with Gasteiger partial charge in [-0.1, -0.05) is 25.5 Å². The molecule has 0 amide bonds. The second-order valence-electron chi connectivity index (χ2n) is 5.32. The fourth-order valence-electron chi connectivity index (χ4n) is 2.76. The van der Waals surface area contributed by atoms with Crippen molar-refractivity contribution in [3.8, 4) is 0 Å². The maximum absolute atomic E-state index is 12.8. The third kappa shape index (κ3) is 3.22. The minimum Gasteiger partial charge on any atom is -0.318 e. The number of nitrogens with zero attached hydrogens (tertiary/aromatic N) is 1. The van der Waals surface area contributed by atoms with E-state index in [1.54, 1.807) is 16.4 Å². The van der Waals surface area contributed by atoms with Crippen molar-refractivity contribution in [2.75, 3.05) is 20.1 Å². The normalized spacial score (nSPS) is 21.0. The molecule has 1 atom stereocenters. The fourth-order valence-corrected chi connectivity index (χ4v) is 4.46. The summed E-state index contributed by atoms with van der Waals surface area (Å²) < 4.78 is 27.2. The molecular weight excluding hydrogens is 272 g/mol. The zero-order valence-electron chi connectivity index (χ0n) is 12.3. The Hall–Kier alpha value is -0.910. The molecule has 20 heavy (non-hydrogen) atoms. The van der Waals surface area contributed by atoms with Crippen LogP contribution in [0.2, 0.25) is 0 Å². The fraction of sp³-hybridized carbons (Fsp3) is 0.600. The minimum absolute atomic E-state index is 0.0737. The molecule has 0 spiro atoms. The van der Waals surface area contributed by atoms with Gasteiger partial charge in [-0.2, -0.15) is 4.31 Å². The summed E-state index contributed by atoms with van der Waals surface area (Å²) in [6, 6.07) is 7.36. The summed E-state index contributed by atoms with van der Waals surface area (Å²) in [7, 11) is -1.49. The Kier molecular flexibility index (Phi) is 5.18. The summed E-state index contributed by atoms with van der Waals surface area (Å²) in [5, 5.41) is 3.10. The number of likely N-dealkylation sites (N-methyl/N-ethyl adjacent to an activating group) is 1. The number of benzene rings is 1. The van der Waals surface area contributed by atoms with Gasteiger partial charge in [-0.05, 0) is 44.0 Å².